The predicted molar refractivity (Wildman–Crippen MR) is 129 cm³/mol. The normalized spacial score (nSPS) is 11.2. The molecule has 0 atom stereocenters. The van der Waals surface area contributed by atoms with E-state index in [9.17, 15) is 4.79 Å². The van der Waals surface area contributed by atoms with Crippen molar-refractivity contribution >= 4 is 28.5 Å². The van der Waals surface area contributed by atoms with Gasteiger partial charge in [-0.05, 0) is 48.2 Å². The molecule has 0 amide bonds. The molecular weight excluding hydrogens is 438 g/mol. The number of carbonyl (C=O) groups excluding carboxylic acids is 1. The SMILES string of the molecule is COC(=O)/C(=N/Nc1ccc(OC)cc1)Sc1nnc(-c2ccccc2)n1-c1ccccc1. The molecule has 0 aliphatic rings. The lowest BCUT2D eigenvalue weighted by atomic mass is 10.2. The lowest BCUT2D eigenvalue weighted by molar-refractivity contribution is -0.132. The van der Waals surface area contributed by atoms with Gasteiger partial charge in [-0.15, -0.1) is 10.2 Å². The summed E-state index contributed by atoms with van der Waals surface area (Å²) in [5.41, 5.74) is 5.32. The molecule has 0 unspecified atom stereocenters. The highest BCUT2D eigenvalue weighted by molar-refractivity contribution is 8.15. The average molecular weight is 460 g/mol. The maximum atomic E-state index is 12.5. The second-order valence-corrected chi connectivity index (χ2v) is 7.65. The average Bonchev–Trinajstić information content (AvgIpc) is 3.31. The molecule has 3 aromatic carbocycles. The number of nitrogens with zero attached hydrogens (tertiary/aromatic N) is 4. The summed E-state index contributed by atoms with van der Waals surface area (Å²) in [6.07, 6.45) is 0. The van der Waals surface area contributed by atoms with E-state index in [2.05, 4.69) is 20.7 Å². The molecule has 0 aliphatic carbocycles. The number of hydrazone groups is 1. The smallest absolute Gasteiger partial charge is 0.365 e. The van der Waals surface area contributed by atoms with E-state index < -0.39 is 5.97 Å². The lowest BCUT2D eigenvalue weighted by Crippen LogP contribution is -2.15. The fourth-order valence-electron chi connectivity index (χ4n) is 2.98. The van der Waals surface area contributed by atoms with Gasteiger partial charge in [0.05, 0.1) is 19.9 Å². The monoisotopic (exact) mass is 459 g/mol. The molecule has 9 heteroatoms. The first kappa shape index (κ1) is 22.1. The standard InChI is InChI=1S/C24H21N5O3S/c1-31-20-15-13-18(14-16-20)25-27-22(23(30)32-2)33-24-28-26-21(17-9-5-3-6-10-17)29(24)19-11-7-4-8-12-19/h3-16,25H,1-2H3/b27-22-. The predicted octanol–water partition coefficient (Wildman–Crippen LogP) is 4.63. The van der Waals surface area contributed by atoms with E-state index in [-0.39, 0.29) is 5.04 Å². The number of rotatable bonds is 6. The van der Waals surface area contributed by atoms with E-state index in [0.717, 1.165) is 28.8 Å². The zero-order chi connectivity index (χ0) is 23.0. The van der Waals surface area contributed by atoms with Crippen LogP contribution in [-0.2, 0) is 9.53 Å². The minimum atomic E-state index is -0.593. The van der Waals surface area contributed by atoms with Crippen molar-refractivity contribution in [3.63, 3.8) is 0 Å². The number of anilines is 1. The molecule has 166 valence electrons. The van der Waals surface area contributed by atoms with Gasteiger partial charge in [0.2, 0.25) is 10.2 Å². The third-order valence-corrected chi connectivity index (χ3v) is 5.50. The van der Waals surface area contributed by atoms with E-state index >= 15 is 0 Å². The number of benzene rings is 3. The zero-order valence-corrected chi connectivity index (χ0v) is 18.8. The van der Waals surface area contributed by atoms with E-state index in [1.165, 1.54) is 7.11 Å². The van der Waals surface area contributed by atoms with Crippen molar-refractivity contribution in [2.24, 2.45) is 5.10 Å². The second-order valence-electron chi connectivity index (χ2n) is 6.69. The van der Waals surface area contributed by atoms with Gasteiger partial charge in [0.25, 0.3) is 0 Å². The first-order valence-electron chi connectivity index (χ1n) is 10.00. The number of para-hydroxylation sites is 1. The largest absolute Gasteiger partial charge is 0.497 e. The van der Waals surface area contributed by atoms with Crippen LogP contribution >= 0.6 is 11.8 Å². The van der Waals surface area contributed by atoms with Crippen LogP contribution in [0, 0.1) is 0 Å². The number of methoxy groups -OCH3 is 2. The molecule has 0 radical (unpaired) electrons. The van der Waals surface area contributed by atoms with Gasteiger partial charge in [-0.2, -0.15) is 5.10 Å². The highest BCUT2D eigenvalue weighted by Gasteiger charge is 2.22. The molecule has 33 heavy (non-hydrogen) atoms. The highest BCUT2D eigenvalue weighted by Crippen LogP contribution is 2.29. The Bertz CT molecular complexity index is 1240. The molecule has 0 aliphatic heterocycles. The number of carbonyl (C=O) groups is 1. The quantitative estimate of drug-likeness (QED) is 0.148. The van der Waals surface area contributed by atoms with Crippen LogP contribution in [0.25, 0.3) is 17.1 Å². The summed E-state index contributed by atoms with van der Waals surface area (Å²) in [6.45, 7) is 0. The molecule has 4 rings (SSSR count). The topological polar surface area (TPSA) is 90.6 Å². The molecule has 0 fully saturated rings. The molecule has 0 saturated heterocycles. The summed E-state index contributed by atoms with van der Waals surface area (Å²) in [5, 5.41) is 13.6. The minimum absolute atomic E-state index is 0.0810. The molecule has 1 N–H and O–H groups in total. The van der Waals surface area contributed by atoms with Crippen molar-refractivity contribution in [3.05, 3.63) is 84.9 Å². The van der Waals surface area contributed by atoms with Gasteiger partial charge < -0.3 is 9.47 Å². The maximum absolute atomic E-state index is 12.5. The Balaban J connectivity index is 1.70. The van der Waals surface area contributed by atoms with Gasteiger partial charge in [-0.1, -0.05) is 48.5 Å². The van der Waals surface area contributed by atoms with E-state index in [1.807, 2.05) is 65.2 Å². The van der Waals surface area contributed by atoms with Gasteiger partial charge in [-0.25, -0.2) is 4.79 Å². The third-order valence-electron chi connectivity index (χ3n) is 4.60. The van der Waals surface area contributed by atoms with Crippen LogP contribution in [0.1, 0.15) is 0 Å². The number of esters is 1. The maximum Gasteiger partial charge on any atom is 0.365 e. The number of nitrogens with one attached hydrogen (secondary N) is 1. The van der Waals surface area contributed by atoms with Gasteiger partial charge in [0, 0.05) is 11.3 Å². The minimum Gasteiger partial charge on any atom is -0.497 e. The van der Waals surface area contributed by atoms with E-state index in [0.29, 0.717) is 16.7 Å². The van der Waals surface area contributed by atoms with Crippen molar-refractivity contribution in [1.29, 1.82) is 0 Å². The van der Waals surface area contributed by atoms with Crippen molar-refractivity contribution in [2.45, 2.75) is 5.16 Å². The summed E-state index contributed by atoms with van der Waals surface area (Å²) in [6, 6.07) is 26.6. The first-order valence-corrected chi connectivity index (χ1v) is 10.8. The summed E-state index contributed by atoms with van der Waals surface area (Å²) in [4.78, 5) is 12.5. The molecular formula is C24H21N5O3S. The van der Waals surface area contributed by atoms with Gasteiger partial charge in [0.15, 0.2) is 5.82 Å². The summed E-state index contributed by atoms with van der Waals surface area (Å²) >= 11 is 1.06. The Morgan fingerprint density at radius 1 is 0.909 bits per heavy atom. The lowest BCUT2D eigenvalue weighted by Gasteiger charge is -2.11. The highest BCUT2D eigenvalue weighted by atomic mass is 32.2. The fraction of sp³-hybridized carbons (Fsp3) is 0.0833. The Hall–Kier alpha value is -4.11. The Labute approximate surface area is 195 Å². The Kier molecular flexibility index (Phi) is 7.01. The van der Waals surface area contributed by atoms with Gasteiger partial charge in [0.1, 0.15) is 5.75 Å². The molecule has 0 bridgehead atoms. The van der Waals surface area contributed by atoms with Crippen LogP contribution in [0.4, 0.5) is 5.69 Å². The van der Waals surface area contributed by atoms with Crippen LogP contribution < -0.4 is 10.2 Å². The molecule has 0 spiro atoms. The number of thioether (sulfide) groups is 1. The zero-order valence-electron chi connectivity index (χ0n) is 18.0. The van der Waals surface area contributed by atoms with Crippen LogP contribution in [0.2, 0.25) is 0 Å². The van der Waals surface area contributed by atoms with E-state index in [1.54, 1.807) is 31.4 Å². The van der Waals surface area contributed by atoms with Crippen LogP contribution in [0.5, 0.6) is 5.75 Å². The number of aromatic nitrogens is 3. The molecule has 4 aromatic rings. The first-order chi connectivity index (χ1) is 16.2. The summed E-state index contributed by atoms with van der Waals surface area (Å²) in [7, 11) is 2.91. The van der Waals surface area contributed by atoms with E-state index in [4.69, 9.17) is 9.47 Å². The van der Waals surface area contributed by atoms with Crippen LogP contribution in [0.15, 0.2) is 95.2 Å². The van der Waals surface area contributed by atoms with Crippen LogP contribution in [-0.4, -0.2) is 40.0 Å². The second kappa shape index (κ2) is 10.5. The molecule has 0 saturated carbocycles. The molecule has 1 heterocycles. The van der Waals surface area contributed by atoms with Gasteiger partial charge in [-0.3, -0.25) is 9.99 Å². The third kappa shape index (κ3) is 5.21. The van der Waals surface area contributed by atoms with Crippen molar-refractivity contribution in [2.75, 3.05) is 19.6 Å². The Morgan fingerprint density at radius 3 is 2.21 bits per heavy atom. The van der Waals surface area contributed by atoms with Crippen LogP contribution in [0.3, 0.4) is 0 Å². The summed E-state index contributed by atoms with van der Waals surface area (Å²) < 4.78 is 12.0. The summed E-state index contributed by atoms with van der Waals surface area (Å²) in [5.74, 6) is 0.776. The number of hydrogen-bond acceptors (Lipinski definition) is 8. The number of ether oxygens (including phenoxy) is 2. The molecule has 1 aromatic heterocycles. The van der Waals surface area contributed by atoms with Crippen molar-refractivity contribution < 1.29 is 14.3 Å². The Morgan fingerprint density at radius 2 is 1.58 bits per heavy atom. The van der Waals surface area contributed by atoms with Crippen molar-refractivity contribution in [3.8, 4) is 22.8 Å². The van der Waals surface area contributed by atoms with Crippen molar-refractivity contribution in [1.82, 2.24) is 14.8 Å². The number of hydrogen-bond donors (Lipinski definition) is 1. The fourth-order valence-corrected chi connectivity index (χ4v) is 3.78. The molecule has 8 nitrogen and oxygen atoms in total. The van der Waals surface area contributed by atoms with Gasteiger partial charge >= 0.3 is 5.97 Å².